The number of halogens is 2. The number of amides is 1. The van der Waals surface area contributed by atoms with Gasteiger partial charge in [-0.2, -0.15) is 0 Å². The van der Waals surface area contributed by atoms with Gasteiger partial charge in [-0.1, -0.05) is 23.2 Å². The van der Waals surface area contributed by atoms with Gasteiger partial charge in [0.25, 0.3) is 5.91 Å². The van der Waals surface area contributed by atoms with Crippen molar-refractivity contribution in [2.24, 2.45) is 0 Å². The number of rotatable bonds is 2. The molecule has 0 unspecified atom stereocenters. The molecular formula is C17H11ClFNO3. The monoisotopic (exact) mass is 331 g/mol. The van der Waals surface area contributed by atoms with Crippen LogP contribution in [0.15, 0.2) is 51.7 Å². The average molecular weight is 332 g/mol. The van der Waals surface area contributed by atoms with Crippen LogP contribution >= 0.6 is 11.6 Å². The number of anilines is 1. The highest BCUT2D eigenvalue weighted by Crippen LogP contribution is 2.20. The molecule has 3 rings (SSSR count). The molecule has 1 amide bonds. The maximum absolute atomic E-state index is 13.1. The third-order valence-electron chi connectivity index (χ3n) is 3.28. The highest BCUT2D eigenvalue weighted by molar-refractivity contribution is 6.31. The first-order chi connectivity index (χ1) is 10.9. The van der Waals surface area contributed by atoms with Crippen molar-refractivity contribution in [3.8, 4) is 0 Å². The molecule has 0 atom stereocenters. The first kappa shape index (κ1) is 15.2. The first-order valence-electron chi connectivity index (χ1n) is 6.75. The lowest BCUT2D eigenvalue weighted by molar-refractivity contribution is 0.0997. The molecule has 6 heteroatoms. The van der Waals surface area contributed by atoms with Gasteiger partial charge in [-0.05, 0) is 37.3 Å². The van der Waals surface area contributed by atoms with Crippen LogP contribution < -0.4 is 10.7 Å². The van der Waals surface area contributed by atoms with Gasteiger partial charge in [-0.25, -0.2) is 4.39 Å². The lowest BCUT2D eigenvalue weighted by Gasteiger charge is -2.06. The standard InChI is InChI=1S/C17H11ClFNO3/c1-9-2-5-15-11(6-9)14(21)8-16(23-15)17(22)20-10-3-4-13(19)12(18)7-10/h2-8H,1H3,(H,20,22). The highest BCUT2D eigenvalue weighted by Gasteiger charge is 2.13. The highest BCUT2D eigenvalue weighted by atomic mass is 35.5. The number of hydrogen-bond acceptors (Lipinski definition) is 3. The largest absolute Gasteiger partial charge is 0.451 e. The SMILES string of the molecule is Cc1ccc2oc(C(=O)Nc3ccc(F)c(Cl)c3)cc(=O)c2c1. The Labute approximate surface area is 135 Å². The van der Waals surface area contributed by atoms with Gasteiger partial charge >= 0.3 is 0 Å². The van der Waals surface area contributed by atoms with Crippen LogP contribution in [-0.4, -0.2) is 5.91 Å². The Kier molecular flexibility index (Phi) is 3.88. The third-order valence-corrected chi connectivity index (χ3v) is 3.57. The van der Waals surface area contributed by atoms with Gasteiger partial charge in [0.2, 0.25) is 0 Å². The Morgan fingerprint density at radius 1 is 1.17 bits per heavy atom. The fourth-order valence-electron chi connectivity index (χ4n) is 2.15. The summed E-state index contributed by atoms with van der Waals surface area (Å²) in [5.41, 5.74) is 1.23. The van der Waals surface area contributed by atoms with Crippen LogP contribution in [0.25, 0.3) is 11.0 Å². The van der Waals surface area contributed by atoms with E-state index in [1.807, 2.05) is 6.92 Å². The molecule has 116 valence electrons. The normalized spacial score (nSPS) is 10.7. The van der Waals surface area contributed by atoms with Crippen molar-refractivity contribution in [3.05, 3.63) is 74.9 Å². The maximum atomic E-state index is 13.1. The summed E-state index contributed by atoms with van der Waals surface area (Å²) < 4.78 is 18.6. The average Bonchev–Trinajstić information content (AvgIpc) is 2.51. The second kappa shape index (κ2) is 5.85. The molecule has 0 saturated carbocycles. The van der Waals surface area contributed by atoms with Gasteiger partial charge in [0.1, 0.15) is 11.4 Å². The fraction of sp³-hybridized carbons (Fsp3) is 0.0588. The van der Waals surface area contributed by atoms with Crippen LogP contribution in [0.1, 0.15) is 16.1 Å². The van der Waals surface area contributed by atoms with E-state index in [-0.39, 0.29) is 16.2 Å². The first-order valence-corrected chi connectivity index (χ1v) is 7.13. The molecule has 23 heavy (non-hydrogen) atoms. The van der Waals surface area contributed by atoms with Crippen molar-refractivity contribution >= 4 is 34.2 Å². The van der Waals surface area contributed by atoms with Crippen LogP contribution in [0, 0.1) is 12.7 Å². The fourth-order valence-corrected chi connectivity index (χ4v) is 2.33. The van der Waals surface area contributed by atoms with Gasteiger partial charge in [0.15, 0.2) is 11.2 Å². The van der Waals surface area contributed by atoms with E-state index in [4.69, 9.17) is 16.0 Å². The van der Waals surface area contributed by atoms with Crippen LogP contribution in [0.4, 0.5) is 10.1 Å². The zero-order chi connectivity index (χ0) is 16.6. The Morgan fingerprint density at radius 2 is 1.96 bits per heavy atom. The van der Waals surface area contributed by atoms with Crippen molar-refractivity contribution in [3.63, 3.8) is 0 Å². The van der Waals surface area contributed by atoms with Crippen LogP contribution in [-0.2, 0) is 0 Å². The number of aryl methyl sites for hydroxylation is 1. The summed E-state index contributed by atoms with van der Waals surface area (Å²) in [5, 5.41) is 2.80. The number of fused-ring (bicyclic) bond motifs is 1. The zero-order valence-electron chi connectivity index (χ0n) is 12.0. The van der Waals surface area contributed by atoms with Crippen molar-refractivity contribution in [2.75, 3.05) is 5.32 Å². The topological polar surface area (TPSA) is 59.3 Å². The quantitative estimate of drug-likeness (QED) is 0.767. The lowest BCUT2D eigenvalue weighted by atomic mass is 10.1. The summed E-state index contributed by atoms with van der Waals surface area (Å²) in [6.45, 7) is 1.86. The second-order valence-electron chi connectivity index (χ2n) is 5.06. The molecule has 0 radical (unpaired) electrons. The summed E-state index contributed by atoms with van der Waals surface area (Å²) >= 11 is 5.66. The van der Waals surface area contributed by atoms with Crippen molar-refractivity contribution in [1.29, 1.82) is 0 Å². The molecule has 0 bridgehead atoms. The predicted molar refractivity (Wildman–Crippen MR) is 86.6 cm³/mol. The second-order valence-corrected chi connectivity index (χ2v) is 5.46. The van der Waals surface area contributed by atoms with E-state index >= 15 is 0 Å². The van der Waals surface area contributed by atoms with E-state index < -0.39 is 11.7 Å². The van der Waals surface area contributed by atoms with Crippen LogP contribution in [0.5, 0.6) is 0 Å². The molecule has 1 heterocycles. The molecule has 0 fully saturated rings. The zero-order valence-corrected chi connectivity index (χ0v) is 12.8. The van der Waals surface area contributed by atoms with Crippen molar-refractivity contribution < 1.29 is 13.6 Å². The lowest BCUT2D eigenvalue weighted by Crippen LogP contribution is -2.15. The van der Waals surface area contributed by atoms with Crippen molar-refractivity contribution in [1.82, 2.24) is 0 Å². The van der Waals surface area contributed by atoms with Crippen LogP contribution in [0.2, 0.25) is 5.02 Å². The Balaban J connectivity index is 1.96. The summed E-state index contributed by atoms with van der Waals surface area (Å²) in [6.07, 6.45) is 0. The smallest absolute Gasteiger partial charge is 0.291 e. The van der Waals surface area contributed by atoms with E-state index in [0.29, 0.717) is 16.7 Å². The molecule has 1 N–H and O–H groups in total. The molecule has 2 aromatic carbocycles. The van der Waals surface area contributed by atoms with E-state index in [1.165, 1.54) is 12.1 Å². The van der Waals surface area contributed by atoms with E-state index in [9.17, 15) is 14.0 Å². The van der Waals surface area contributed by atoms with E-state index in [2.05, 4.69) is 5.32 Å². The molecule has 0 spiro atoms. The molecular weight excluding hydrogens is 321 g/mol. The van der Waals surface area contributed by atoms with Gasteiger partial charge in [0, 0.05) is 11.8 Å². The third kappa shape index (κ3) is 3.10. The van der Waals surface area contributed by atoms with Gasteiger partial charge in [0.05, 0.1) is 10.4 Å². The molecule has 0 saturated heterocycles. The van der Waals surface area contributed by atoms with Gasteiger partial charge in [-0.15, -0.1) is 0 Å². The molecule has 4 nitrogen and oxygen atoms in total. The molecule has 0 aliphatic carbocycles. The molecule has 0 aliphatic rings. The summed E-state index contributed by atoms with van der Waals surface area (Å²) in [7, 11) is 0. The minimum absolute atomic E-state index is 0.113. The Morgan fingerprint density at radius 3 is 2.70 bits per heavy atom. The van der Waals surface area contributed by atoms with E-state index in [0.717, 1.165) is 17.7 Å². The predicted octanol–water partition coefficient (Wildman–Crippen LogP) is 4.15. The minimum atomic E-state index is -0.618. The summed E-state index contributed by atoms with van der Waals surface area (Å²) in [5.74, 6) is -1.34. The number of hydrogen-bond donors (Lipinski definition) is 1. The number of benzene rings is 2. The van der Waals surface area contributed by atoms with E-state index in [1.54, 1.807) is 18.2 Å². The number of carbonyl (C=O) groups is 1. The van der Waals surface area contributed by atoms with Crippen LogP contribution in [0.3, 0.4) is 0 Å². The minimum Gasteiger partial charge on any atom is -0.451 e. The Hall–Kier alpha value is -2.66. The maximum Gasteiger partial charge on any atom is 0.291 e. The number of carbonyl (C=O) groups excluding carboxylic acids is 1. The summed E-state index contributed by atoms with van der Waals surface area (Å²) in [6, 6.07) is 10.0. The molecule has 1 aromatic heterocycles. The van der Waals surface area contributed by atoms with Gasteiger partial charge in [-0.3, -0.25) is 9.59 Å². The van der Waals surface area contributed by atoms with Gasteiger partial charge < -0.3 is 9.73 Å². The Bertz CT molecular complexity index is 981. The molecule has 3 aromatic rings. The summed E-state index contributed by atoms with van der Waals surface area (Å²) in [4.78, 5) is 24.3. The van der Waals surface area contributed by atoms with Crippen molar-refractivity contribution in [2.45, 2.75) is 6.92 Å². The molecule has 0 aliphatic heterocycles. The number of nitrogens with one attached hydrogen (secondary N) is 1.